The summed E-state index contributed by atoms with van der Waals surface area (Å²) >= 11 is 3.35. The van der Waals surface area contributed by atoms with Crippen molar-refractivity contribution in [2.45, 2.75) is 19.8 Å². The van der Waals surface area contributed by atoms with Gasteiger partial charge < -0.3 is 25.6 Å². The molecule has 25 heavy (non-hydrogen) atoms. The second-order valence-electron chi connectivity index (χ2n) is 5.51. The van der Waals surface area contributed by atoms with Crippen LogP contribution in [0.1, 0.15) is 25.3 Å². The number of nitrogens with zero attached hydrogens (tertiary/aromatic N) is 3. The van der Waals surface area contributed by atoms with Crippen molar-refractivity contribution in [3.8, 4) is 11.5 Å². The van der Waals surface area contributed by atoms with Gasteiger partial charge in [0.2, 0.25) is 5.95 Å². The van der Waals surface area contributed by atoms with Crippen LogP contribution in [0, 0.1) is 0 Å². The van der Waals surface area contributed by atoms with Gasteiger partial charge in [-0.2, -0.15) is 4.98 Å². The van der Waals surface area contributed by atoms with Crippen molar-refractivity contribution in [2.24, 2.45) is 0 Å². The van der Waals surface area contributed by atoms with E-state index in [9.17, 15) is 0 Å². The predicted molar refractivity (Wildman–Crippen MR) is 99.3 cm³/mol. The Hall–Kier alpha value is -1.97. The molecule has 0 bridgehead atoms. The maximum absolute atomic E-state index is 9.06. The molecule has 4 N–H and O–H groups in total. The first kappa shape index (κ1) is 19.4. The third-order valence-corrected chi connectivity index (χ3v) is 3.69. The molecule has 0 fully saturated rings. The van der Waals surface area contributed by atoms with E-state index in [4.69, 9.17) is 14.9 Å². The fraction of sp³-hybridized carbons (Fsp3) is 0.438. The Bertz CT molecular complexity index is 699. The first-order valence-electron chi connectivity index (χ1n) is 7.95. The van der Waals surface area contributed by atoms with Crippen molar-refractivity contribution in [1.82, 2.24) is 15.0 Å². The zero-order chi connectivity index (χ0) is 18.2. The van der Waals surface area contributed by atoms with E-state index in [0.29, 0.717) is 41.0 Å². The molecular formula is C16H22BrN5O3. The van der Waals surface area contributed by atoms with Gasteiger partial charge in [0.1, 0.15) is 10.4 Å². The number of hydrogen-bond donors (Lipinski definition) is 4. The minimum Gasteiger partial charge on any atom is -0.451 e. The number of aromatic nitrogens is 3. The summed E-state index contributed by atoms with van der Waals surface area (Å²) in [5, 5.41) is 23.9. The number of aliphatic hydroxyl groups excluding tert-OH is 2. The lowest BCUT2D eigenvalue weighted by Crippen LogP contribution is -2.13. The van der Waals surface area contributed by atoms with E-state index in [1.807, 2.05) is 0 Å². The zero-order valence-corrected chi connectivity index (χ0v) is 15.7. The maximum Gasteiger partial charge on any atom is 0.224 e. The fourth-order valence-corrected chi connectivity index (χ4v) is 2.37. The first-order valence-corrected chi connectivity index (χ1v) is 8.74. The van der Waals surface area contributed by atoms with Gasteiger partial charge in [0.15, 0.2) is 11.6 Å². The Morgan fingerprint density at radius 2 is 1.80 bits per heavy atom. The quantitative estimate of drug-likeness (QED) is 0.465. The summed E-state index contributed by atoms with van der Waals surface area (Å²) in [7, 11) is 0. The molecule has 0 radical (unpaired) electrons. The van der Waals surface area contributed by atoms with E-state index in [1.54, 1.807) is 18.5 Å². The Kier molecular flexibility index (Phi) is 7.35. The standard InChI is InChI=1S/C16H22BrN5O3/c1-10(2)11-8-20-14(17)7-12(11)25-13-9-21-16(19-4-6-24)22-15(13)18-3-5-23/h7-10,23-24H,3-6H2,1-2H3,(H2,18,19,21,22). The van der Waals surface area contributed by atoms with Crippen molar-refractivity contribution in [1.29, 1.82) is 0 Å². The number of nitrogens with one attached hydrogen (secondary N) is 2. The predicted octanol–water partition coefficient (Wildman–Crippen LogP) is 2.36. The highest BCUT2D eigenvalue weighted by molar-refractivity contribution is 9.10. The molecule has 9 heteroatoms. The molecule has 8 nitrogen and oxygen atoms in total. The molecule has 2 heterocycles. The van der Waals surface area contributed by atoms with Crippen LogP contribution in [-0.2, 0) is 0 Å². The van der Waals surface area contributed by atoms with Gasteiger partial charge in [-0.1, -0.05) is 13.8 Å². The van der Waals surface area contributed by atoms with Crippen molar-refractivity contribution in [2.75, 3.05) is 36.9 Å². The van der Waals surface area contributed by atoms with Crippen LogP contribution in [0.3, 0.4) is 0 Å². The monoisotopic (exact) mass is 411 g/mol. The van der Waals surface area contributed by atoms with Crippen LogP contribution in [0.5, 0.6) is 11.5 Å². The number of pyridine rings is 1. The van der Waals surface area contributed by atoms with E-state index in [0.717, 1.165) is 5.56 Å². The first-order chi connectivity index (χ1) is 12.0. The molecule has 0 aliphatic heterocycles. The average molecular weight is 412 g/mol. The van der Waals surface area contributed by atoms with Crippen LogP contribution in [0.25, 0.3) is 0 Å². The van der Waals surface area contributed by atoms with Crippen molar-refractivity contribution in [3.05, 3.63) is 28.6 Å². The molecule has 136 valence electrons. The Balaban J connectivity index is 2.33. The fourth-order valence-electron chi connectivity index (χ4n) is 2.06. The summed E-state index contributed by atoms with van der Waals surface area (Å²) < 4.78 is 6.69. The molecule has 0 saturated carbocycles. The van der Waals surface area contributed by atoms with Crippen LogP contribution in [-0.4, -0.2) is 51.5 Å². The highest BCUT2D eigenvalue weighted by atomic mass is 79.9. The van der Waals surface area contributed by atoms with Crippen LogP contribution < -0.4 is 15.4 Å². The number of hydrogen-bond acceptors (Lipinski definition) is 8. The second kappa shape index (κ2) is 9.50. The molecule has 0 amide bonds. The molecule has 0 unspecified atom stereocenters. The Labute approximate surface area is 154 Å². The minimum absolute atomic E-state index is 0.0240. The molecule has 0 aliphatic rings. The van der Waals surface area contributed by atoms with Crippen LogP contribution in [0.2, 0.25) is 0 Å². The van der Waals surface area contributed by atoms with E-state index < -0.39 is 0 Å². The molecule has 0 aliphatic carbocycles. The van der Waals surface area contributed by atoms with Gasteiger partial charge in [-0.3, -0.25) is 0 Å². The largest absolute Gasteiger partial charge is 0.451 e. The molecule has 2 aromatic heterocycles. The third kappa shape index (κ3) is 5.52. The van der Waals surface area contributed by atoms with Gasteiger partial charge in [0, 0.05) is 30.9 Å². The Morgan fingerprint density at radius 3 is 2.48 bits per heavy atom. The van der Waals surface area contributed by atoms with Crippen molar-refractivity contribution in [3.63, 3.8) is 0 Å². The summed E-state index contributed by atoms with van der Waals surface area (Å²) in [4.78, 5) is 12.8. The minimum atomic E-state index is -0.0408. The van der Waals surface area contributed by atoms with Gasteiger partial charge in [-0.05, 0) is 21.8 Å². The number of halogens is 1. The lowest BCUT2D eigenvalue weighted by atomic mass is 10.1. The van der Waals surface area contributed by atoms with Gasteiger partial charge in [0.25, 0.3) is 0 Å². The molecule has 0 aromatic carbocycles. The summed E-state index contributed by atoms with van der Waals surface area (Å²) in [5.74, 6) is 2.14. The lowest BCUT2D eigenvalue weighted by molar-refractivity contribution is 0.310. The van der Waals surface area contributed by atoms with Crippen LogP contribution in [0.4, 0.5) is 11.8 Å². The van der Waals surface area contributed by atoms with Gasteiger partial charge in [-0.15, -0.1) is 0 Å². The smallest absolute Gasteiger partial charge is 0.224 e. The molecular weight excluding hydrogens is 390 g/mol. The van der Waals surface area contributed by atoms with E-state index in [2.05, 4.69) is 55.4 Å². The van der Waals surface area contributed by atoms with E-state index in [1.165, 1.54) is 0 Å². The van der Waals surface area contributed by atoms with Gasteiger partial charge in [0.05, 0.1) is 19.4 Å². The highest BCUT2D eigenvalue weighted by Gasteiger charge is 2.14. The molecule has 0 atom stereocenters. The summed E-state index contributed by atoms with van der Waals surface area (Å²) in [6, 6.07) is 1.79. The second-order valence-corrected chi connectivity index (χ2v) is 6.32. The SMILES string of the molecule is CC(C)c1cnc(Br)cc1Oc1cnc(NCCO)nc1NCCO. The molecule has 0 saturated heterocycles. The summed E-state index contributed by atoms with van der Waals surface area (Å²) in [5.41, 5.74) is 0.957. The molecule has 0 spiro atoms. The van der Waals surface area contributed by atoms with Gasteiger partial charge >= 0.3 is 0 Å². The summed E-state index contributed by atoms with van der Waals surface area (Å²) in [6.07, 6.45) is 3.31. The third-order valence-electron chi connectivity index (χ3n) is 3.26. The molecule has 2 rings (SSSR count). The van der Waals surface area contributed by atoms with Gasteiger partial charge in [-0.25, -0.2) is 9.97 Å². The topological polar surface area (TPSA) is 112 Å². The number of anilines is 2. The Morgan fingerprint density at radius 1 is 1.08 bits per heavy atom. The van der Waals surface area contributed by atoms with Crippen molar-refractivity contribution < 1.29 is 14.9 Å². The highest BCUT2D eigenvalue weighted by Crippen LogP contribution is 2.34. The van der Waals surface area contributed by atoms with Crippen molar-refractivity contribution >= 4 is 27.7 Å². The lowest BCUT2D eigenvalue weighted by Gasteiger charge is -2.16. The number of ether oxygens (including phenoxy) is 1. The average Bonchev–Trinajstić information content (AvgIpc) is 2.59. The number of aliphatic hydroxyl groups is 2. The normalized spacial score (nSPS) is 10.8. The van der Waals surface area contributed by atoms with E-state index in [-0.39, 0.29) is 19.1 Å². The molecule has 2 aromatic rings. The van der Waals surface area contributed by atoms with Crippen LogP contribution >= 0.6 is 15.9 Å². The zero-order valence-electron chi connectivity index (χ0n) is 14.2. The summed E-state index contributed by atoms with van der Waals surface area (Å²) in [6.45, 7) is 4.71. The number of rotatable bonds is 9. The van der Waals surface area contributed by atoms with E-state index >= 15 is 0 Å². The van der Waals surface area contributed by atoms with Crippen LogP contribution in [0.15, 0.2) is 23.1 Å². The maximum atomic E-state index is 9.06.